The van der Waals surface area contributed by atoms with Gasteiger partial charge in [0.2, 0.25) is 0 Å². The van der Waals surface area contributed by atoms with E-state index >= 15 is 0 Å². The number of nitrogens with zero attached hydrogens (tertiary/aromatic N) is 1. The van der Waals surface area contributed by atoms with E-state index in [1.807, 2.05) is 29.1 Å². The van der Waals surface area contributed by atoms with E-state index in [-0.39, 0.29) is 24.6 Å². The Bertz CT molecular complexity index is 503. The van der Waals surface area contributed by atoms with Crippen LogP contribution < -0.4 is 0 Å². The molecule has 1 heterocycles. The number of ether oxygens (including phenoxy) is 2. The largest absolute Gasteiger partial charge is 0.467 e. The van der Waals surface area contributed by atoms with Gasteiger partial charge in [-0.1, -0.05) is 23.7 Å². The Morgan fingerprint density at radius 2 is 2.00 bits per heavy atom. The summed E-state index contributed by atoms with van der Waals surface area (Å²) in [7, 11) is 0.922. The van der Waals surface area contributed by atoms with Crippen LogP contribution in [0.1, 0.15) is 24.5 Å². The lowest BCUT2D eigenvalue weighted by Gasteiger charge is -2.36. The summed E-state index contributed by atoms with van der Waals surface area (Å²) in [4.78, 5) is 13.5. The molecule has 1 aromatic rings. The fourth-order valence-electron chi connectivity index (χ4n) is 2.97. The van der Waals surface area contributed by atoms with E-state index in [2.05, 4.69) is 4.74 Å². The topological polar surface area (TPSA) is 59.0 Å². The Morgan fingerprint density at radius 1 is 1.39 bits per heavy atom. The molecule has 2 rings (SSSR count). The Labute approximate surface area is 142 Å². The monoisotopic (exact) mass is 339 g/mol. The molecule has 0 bridgehead atoms. The number of carbonyl (C=O) groups is 1. The summed E-state index contributed by atoms with van der Waals surface area (Å²) in [6.45, 7) is 3.34. The minimum absolute atomic E-state index is 0.0690. The Kier molecular flexibility index (Phi) is 6.90. The number of benzene rings is 1. The van der Waals surface area contributed by atoms with E-state index in [1.54, 1.807) is 6.82 Å². The SMILES string of the molecule is COC(=O)COC(c1ccc(Cl)cc1)C1CCN(B(C)O)CC1. The minimum Gasteiger partial charge on any atom is -0.467 e. The van der Waals surface area contributed by atoms with Crippen molar-refractivity contribution in [2.24, 2.45) is 5.92 Å². The molecule has 23 heavy (non-hydrogen) atoms. The van der Waals surface area contributed by atoms with Crippen LogP contribution in [0.25, 0.3) is 0 Å². The fraction of sp³-hybridized carbons (Fsp3) is 0.562. The lowest BCUT2D eigenvalue weighted by Crippen LogP contribution is -2.44. The lowest BCUT2D eigenvalue weighted by atomic mass is 9.79. The number of hydrogen-bond donors (Lipinski definition) is 1. The highest BCUT2D eigenvalue weighted by molar-refractivity contribution is 6.45. The van der Waals surface area contributed by atoms with E-state index in [1.165, 1.54) is 7.11 Å². The molecule has 1 aliphatic heterocycles. The van der Waals surface area contributed by atoms with Crippen LogP contribution in [-0.4, -0.2) is 49.7 Å². The summed E-state index contributed by atoms with van der Waals surface area (Å²) in [5.41, 5.74) is 1.01. The van der Waals surface area contributed by atoms with Crippen LogP contribution >= 0.6 is 11.6 Å². The third kappa shape index (κ3) is 5.21. The van der Waals surface area contributed by atoms with Crippen molar-refractivity contribution in [1.82, 2.24) is 4.81 Å². The van der Waals surface area contributed by atoms with E-state index in [9.17, 15) is 9.82 Å². The molecule has 1 unspecified atom stereocenters. The van der Waals surface area contributed by atoms with Crippen LogP contribution in [0.15, 0.2) is 24.3 Å². The third-order valence-corrected chi connectivity index (χ3v) is 4.59. The smallest absolute Gasteiger partial charge is 0.376 e. The van der Waals surface area contributed by atoms with Gasteiger partial charge >= 0.3 is 13.0 Å². The Morgan fingerprint density at radius 3 is 2.52 bits per heavy atom. The Balaban J connectivity index is 2.07. The first kappa shape index (κ1) is 18.3. The molecular weight excluding hydrogens is 316 g/mol. The molecule has 1 N–H and O–H groups in total. The van der Waals surface area contributed by atoms with Crippen LogP contribution in [0, 0.1) is 5.92 Å². The van der Waals surface area contributed by atoms with Crippen LogP contribution in [0.3, 0.4) is 0 Å². The maximum absolute atomic E-state index is 11.4. The van der Waals surface area contributed by atoms with Crippen molar-refractivity contribution in [3.8, 4) is 0 Å². The number of hydrogen-bond acceptors (Lipinski definition) is 5. The van der Waals surface area contributed by atoms with Gasteiger partial charge in [-0.2, -0.15) is 0 Å². The molecule has 126 valence electrons. The van der Waals surface area contributed by atoms with Crippen LogP contribution in [0.5, 0.6) is 0 Å². The molecule has 0 aliphatic carbocycles. The van der Waals surface area contributed by atoms with Crippen molar-refractivity contribution in [2.75, 3.05) is 26.8 Å². The third-order valence-electron chi connectivity index (χ3n) is 4.34. The first-order chi connectivity index (χ1) is 11.0. The summed E-state index contributed by atoms with van der Waals surface area (Å²) in [6.07, 6.45) is 1.63. The van der Waals surface area contributed by atoms with Gasteiger partial charge in [0.25, 0.3) is 0 Å². The summed E-state index contributed by atoms with van der Waals surface area (Å²) < 4.78 is 10.5. The van der Waals surface area contributed by atoms with Gasteiger partial charge in [0.05, 0.1) is 13.2 Å². The zero-order chi connectivity index (χ0) is 16.8. The predicted molar refractivity (Wildman–Crippen MR) is 90.3 cm³/mol. The molecule has 0 saturated carbocycles. The molecule has 5 nitrogen and oxygen atoms in total. The first-order valence-corrected chi connectivity index (χ1v) is 8.25. The predicted octanol–water partition coefficient (Wildman–Crippen LogP) is 2.39. The number of piperidine rings is 1. The number of rotatable bonds is 6. The molecule has 1 fully saturated rings. The molecule has 1 saturated heterocycles. The number of halogens is 1. The second-order valence-corrected chi connectivity index (χ2v) is 6.30. The van der Waals surface area contributed by atoms with Crippen molar-refractivity contribution in [2.45, 2.75) is 25.8 Å². The molecule has 1 atom stereocenters. The van der Waals surface area contributed by atoms with Gasteiger partial charge in [0.15, 0.2) is 0 Å². The maximum Gasteiger partial charge on any atom is 0.376 e. The van der Waals surface area contributed by atoms with Gasteiger partial charge in [0.1, 0.15) is 6.61 Å². The van der Waals surface area contributed by atoms with Gasteiger partial charge in [-0.15, -0.1) is 0 Å². The maximum atomic E-state index is 11.4. The molecule has 0 radical (unpaired) electrons. The quantitative estimate of drug-likeness (QED) is 0.637. The zero-order valence-electron chi connectivity index (χ0n) is 13.6. The fourth-order valence-corrected chi connectivity index (χ4v) is 3.10. The van der Waals surface area contributed by atoms with Gasteiger partial charge in [0, 0.05) is 5.02 Å². The number of carbonyl (C=O) groups excluding carboxylic acids is 1. The van der Waals surface area contributed by atoms with E-state index in [4.69, 9.17) is 16.3 Å². The van der Waals surface area contributed by atoms with Gasteiger partial charge in [-0.25, -0.2) is 4.79 Å². The highest BCUT2D eigenvalue weighted by Gasteiger charge is 2.31. The van der Waals surface area contributed by atoms with Crippen LogP contribution in [0.4, 0.5) is 0 Å². The van der Waals surface area contributed by atoms with Crippen LogP contribution in [0.2, 0.25) is 11.8 Å². The number of methoxy groups -OCH3 is 1. The molecular formula is C16H23BClNO4. The number of esters is 1. The standard InChI is InChI=1S/C16H23BClNO4/c1-17(21)19-9-7-13(8-10-19)16(23-11-15(20)22-2)12-3-5-14(18)6-4-12/h3-6,13,16,21H,7-11H2,1-2H3. The van der Waals surface area contributed by atoms with E-state index in [0.29, 0.717) is 5.02 Å². The summed E-state index contributed by atoms with van der Waals surface area (Å²) in [5, 5.41) is 10.3. The first-order valence-electron chi connectivity index (χ1n) is 7.87. The van der Waals surface area contributed by atoms with Crippen molar-refractivity contribution >= 4 is 24.6 Å². The zero-order valence-corrected chi connectivity index (χ0v) is 14.3. The van der Waals surface area contributed by atoms with Crippen molar-refractivity contribution < 1.29 is 19.3 Å². The summed E-state index contributed by atoms with van der Waals surface area (Å²) in [6, 6.07) is 7.53. The van der Waals surface area contributed by atoms with E-state index in [0.717, 1.165) is 31.5 Å². The van der Waals surface area contributed by atoms with Crippen molar-refractivity contribution in [3.63, 3.8) is 0 Å². The second-order valence-electron chi connectivity index (χ2n) is 5.86. The highest BCUT2D eigenvalue weighted by Crippen LogP contribution is 2.34. The molecule has 0 aromatic heterocycles. The summed E-state index contributed by atoms with van der Waals surface area (Å²) in [5.74, 6) is -0.0961. The van der Waals surface area contributed by atoms with E-state index < -0.39 is 7.05 Å². The molecule has 1 aromatic carbocycles. The van der Waals surface area contributed by atoms with Crippen molar-refractivity contribution in [1.29, 1.82) is 0 Å². The average Bonchev–Trinajstić information content (AvgIpc) is 2.56. The molecule has 1 aliphatic rings. The average molecular weight is 340 g/mol. The van der Waals surface area contributed by atoms with Gasteiger partial charge in [-0.3, -0.25) is 0 Å². The van der Waals surface area contributed by atoms with Crippen LogP contribution in [-0.2, 0) is 14.3 Å². The Hall–Kier alpha value is -1.08. The summed E-state index contributed by atoms with van der Waals surface area (Å²) >= 11 is 5.96. The molecule has 0 amide bonds. The van der Waals surface area contributed by atoms with Gasteiger partial charge < -0.3 is 19.3 Å². The van der Waals surface area contributed by atoms with Crippen molar-refractivity contribution in [3.05, 3.63) is 34.9 Å². The minimum atomic E-state index is -0.430. The lowest BCUT2D eigenvalue weighted by molar-refractivity contribution is -0.149. The molecule has 0 spiro atoms. The van der Waals surface area contributed by atoms with Gasteiger partial charge in [-0.05, 0) is 56.4 Å². The second kappa shape index (κ2) is 8.69. The highest BCUT2D eigenvalue weighted by atomic mass is 35.5. The molecule has 7 heteroatoms. The normalized spacial score (nSPS) is 17.7.